The fourth-order valence-corrected chi connectivity index (χ4v) is 3.06. The minimum atomic E-state index is 0.676. The van der Waals surface area contributed by atoms with E-state index in [1.807, 2.05) is 0 Å². The van der Waals surface area contributed by atoms with Crippen molar-refractivity contribution in [3.8, 4) is 0 Å². The number of ether oxygens (including phenoxy) is 1. The van der Waals surface area contributed by atoms with E-state index in [4.69, 9.17) is 4.74 Å². The topological polar surface area (TPSA) is 21.3 Å². The minimum Gasteiger partial charge on any atom is -0.380 e. The number of rotatable bonds is 5. The number of hydrogen-bond donors (Lipinski definition) is 1. The van der Waals surface area contributed by atoms with E-state index in [2.05, 4.69) is 43.4 Å². The maximum atomic E-state index is 5.19. The van der Waals surface area contributed by atoms with Crippen LogP contribution in [0.3, 0.4) is 0 Å². The van der Waals surface area contributed by atoms with Gasteiger partial charge in [-0.05, 0) is 35.8 Å². The first-order valence-corrected chi connectivity index (χ1v) is 7.49. The molecule has 1 aromatic rings. The molecule has 2 rings (SSSR count). The van der Waals surface area contributed by atoms with E-state index in [1.165, 1.54) is 30.4 Å². The van der Waals surface area contributed by atoms with Crippen LogP contribution >= 0.6 is 0 Å². The van der Waals surface area contributed by atoms with Crippen molar-refractivity contribution in [3.05, 3.63) is 35.4 Å². The first-order chi connectivity index (χ1) is 9.19. The molecule has 1 aromatic carbocycles. The van der Waals surface area contributed by atoms with Crippen LogP contribution in [-0.4, -0.2) is 13.2 Å². The summed E-state index contributed by atoms with van der Waals surface area (Å²) in [6, 6.07) is 9.36. The average Bonchev–Trinajstić information content (AvgIpc) is 2.41. The van der Waals surface area contributed by atoms with E-state index in [0.29, 0.717) is 12.6 Å². The molecular weight excluding hydrogens is 234 g/mol. The lowest BCUT2D eigenvalue weighted by Gasteiger charge is -2.33. The van der Waals surface area contributed by atoms with Gasteiger partial charge in [0.15, 0.2) is 0 Å². The molecule has 0 amide bonds. The monoisotopic (exact) mass is 261 g/mol. The molecule has 1 aliphatic rings. The summed E-state index contributed by atoms with van der Waals surface area (Å²) in [4.78, 5) is 0. The predicted molar refractivity (Wildman–Crippen MR) is 80.0 cm³/mol. The number of methoxy groups -OCH3 is 1. The van der Waals surface area contributed by atoms with Crippen LogP contribution in [0.5, 0.6) is 0 Å². The zero-order valence-corrected chi connectivity index (χ0v) is 12.5. The van der Waals surface area contributed by atoms with E-state index < -0.39 is 0 Å². The Labute approximate surface area is 117 Å². The average molecular weight is 261 g/mol. The van der Waals surface area contributed by atoms with Crippen molar-refractivity contribution < 1.29 is 4.74 Å². The van der Waals surface area contributed by atoms with Crippen molar-refractivity contribution >= 4 is 0 Å². The summed E-state index contributed by atoms with van der Waals surface area (Å²) < 4.78 is 5.19. The van der Waals surface area contributed by atoms with Gasteiger partial charge < -0.3 is 10.1 Å². The predicted octanol–water partition coefficient (Wildman–Crippen LogP) is 3.75. The highest BCUT2D eigenvalue weighted by atomic mass is 16.5. The van der Waals surface area contributed by atoms with Crippen molar-refractivity contribution in [2.45, 2.75) is 52.3 Å². The van der Waals surface area contributed by atoms with Crippen LogP contribution in [0.4, 0.5) is 0 Å². The second-order valence-electron chi connectivity index (χ2n) is 6.14. The van der Waals surface area contributed by atoms with Crippen LogP contribution in [0.2, 0.25) is 0 Å². The summed E-state index contributed by atoms with van der Waals surface area (Å²) in [7, 11) is 1.75. The van der Waals surface area contributed by atoms with Crippen LogP contribution in [-0.2, 0) is 17.9 Å². The SMILES string of the molecule is COCc1cccc(CNC2CC(C)CCC2C)c1. The Balaban J connectivity index is 1.88. The van der Waals surface area contributed by atoms with Crippen LogP contribution in [0.15, 0.2) is 24.3 Å². The molecule has 1 saturated carbocycles. The molecule has 1 N–H and O–H groups in total. The van der Waals surface area contributed by atoms with E-state index in [1.54, 1.807) is 7.11 Å². The van der Waals surface area contributed by atoms with Gasteiger partial charge in [-0.15, -0.1) is 0 Å². The van der Waals surface area contributed by atoms with Crippen LogP contribution in [0.25, 0.3) is 0 Å². The standard InChI is InChI=1S/C17H27NO/c1-13-7-8-14(2)17(9-13)18-11-15-5-4-6-16(10-15)12-19-3/h4-6,10,13-14,17-18H,7-9,11-12H2,1-3H3. The van der Waals surface area contributed by atoms with E-state index in [0.717, 1.165) is 18.4 Å². The zero-order chi connectivity index (χ0) is 13.7. The van der Waals surface area contributed by atoms with E-state index in [-0.39, 0.29) is 0 Å². The summed E-state index contributed by atoms with van der Waals surface area (Å²) in [5.41, 5.74) is 2.62. The smallest absolute Gasteiger partial charge is 0.0713 e. The summed E-state index contributed by atoms with van der Waals surface area (Å²) in [5, 5.41) is 3.75. The largest absolute Gasteiger partial charge is 0.380 e. The van der Waals surface area contributed by atoms with Gasteiger partial charge in [-0.2, -0.15) is 0 Å². The van der Waals surface area contributed by atoms with Gasteiger partial charge in [0.1, 0.15) is 0 Å². The van der Waals surface area contributed by atoms with Gasteiger partial charge in [-0.3, -0.25) is 0 Å². The molecule has 1 fully saturated rings. The fourth-order valence-electron chi connectivity index (χ4n) is 3.06. The summed E-state index contributed by atoms with van der Waals surface area (Å²) >= 11 is 0. The van der Waals surface area contributed by atoms with Crippen molar-refractivity contribution in [3.63, 3.8) is 0 Å². The molecular formula is C17H27NO. The Morgan fingerprint density at radius 3 is 2.79 bits per heavy atom. The molecule has 106 valence electrons. The molecule has 0 radical (unpaired) electrons. The third-order valence-electron chi connectivity index (χ3n) is 4.33. The quantitative estimate of drug-likeness (QED) is 0.871. The fraction of sp³-hybridized carbons (Fsp3) is 0.647. The molecule has 2 nitrogen and oxygen atoms in total. The third kappa shape index (κ3) is 4.32. The molecule has 3 unspecified atom stereocenters. The Morgan fingerprint density at radius 1 is 1.21 bits per heavy atom. The highest BCUT2D eigenvalue weighted by molar-refractivity contribution is 5.23. The summed E-state index contributed by atoms with van der Waals surface area (Å²) in [6.07, 6.45) is 4.07. The van der Waals surface area contributed by atoms with Gasteiger partial charge in [0.25, 0.3) is 0 Å². The van der Waals surface area contributed by atoms with Crippen molar-refractivity contribution in [2.75, 3.05) is 7.11 Å². The molecule has 0 aliphatic heterocycles. The lowest BCUT2D eigenvalue weighted by atomic mass is 9.80. The Hall–Kier alpha value is -0.860. The van der Waals surface area contributed by atoms with Gasteiger partial charge in [0.2, 0.25) is 0 Å². The summed E-state index contributed by atoms with van der Waals surface area (Å²) in [6.45, 7) is 6.43. The molecule has 3 atom stereocenters. The lowest BCUT2D eigenvalue weighted by molar-refractivity contribution is 0.185. The molecule has 2 heteroatoms. The lowest BCUT2D eigenvalue weighted by Crippen LogP contribution is -2.39. The Kier molecular flexibility index (Phi) is 5.41. The van der Waals surface area contributed by atoms with Gasteiger partial charge in [0, 0.05) is 19.7 Å². The molecule has 0 bridgehead atoms. The minimum absolute atomic E-state index is 0.676. The van der Waals surface area contributed by atoms with Crippen molar-refractivity contribution in [1.82, 2.24) is 5.32 Å². The normalized spacial score (nSPS) is 27.4. The van der Waals surface area contributed by atoms with Gasteiger partial charge in [-0.25, -0.2) is 0 Å². The van der Waals surface area contributed by atoms with Crippen LogP contribution in [0, 0.1) is 11.8 Å². The highest BCUT2D eigenvalue weighted by Gasteiger charge is 2.24. The van der Waals surface area contributed by atoms with Gasteiger partial charge in [0.05, 0.1) is 6.61 Å². The Morgan fingerprint density at radius 2 is 2.00 bits per heavy atom. The second-order valence-corrected chi connectivity index (χ2v) is 6.14. The van der Waals surface area contributed by atoms with Crippen molar-refractivity contribution in [2.24, 2.45) is 11.8 Å². The Bertz CT molecular complexity index is 391. The van der Waals surface area contributed by atoms with Crippen LogP contribution < -0.4 is 5.32 Å². The molecule has 0 spiro atoms. The first-order valence-electron chi connectivity index (χ1n) is 7.49. The van der Waals surface area contributed by atoms with Gasteiger partial charge in [-0.1, -0.05) is 44.5 Å². The molecule has 0 heterocycles. The molecule has 0 saturated heterocycles. The van der Waals surface area contributed by atoms with Crippen LogP contribution in [0.1, 0.15) is 44.2 Å². The maximum Gasteiger partial charge on any atom is 0.0713 e. The van der Waals surface area contributed by atoms with Gasteiger partial charge >= 0.3 is 0 Å². The molecule has 1 aliphatic carbocycles. The maximum absolute atomic E-state index is 5.19. The summed E-state index contributed by atoms with van der Waals surface area (Å²) in [5.74, 6) is 1.67. The number of nitrogens with one attached hydrogen (secondary N) is 1. The highest BCUT2D eigenvalue weighted by Crippen LogP contribution is 2.28. The molecule has 19 heavy (non-hydrogen) atoms. The van der Waals surface area contributed by atoms with E-state index >= 15 is 0 Å². The second kappa shape index (κ2) is 7.06. The number of benzene rings is 1. The van der Waals surface area contributed by atoms with Crippen molar-refractivity contribution in [1.29, 1.82) is 0 Å². The first kappa shape index (κ1) is 14.5. The zero-order valence-electron chi connectivity index (χ0n) is 12.5. The third-order valence-corrected chi connectivity index (χ3v) is 4.33. The number of hydrogen-bond acceptors (Lipinski definition) is 2. The molecule has 0 aromatic heterocycles. The van der Waals surface area contributed by atoms with E-state index in [9.17, 15) is 0 Å².